The van der Waals surface area contributed by atoms with E-state index < -0.39 is 53.0 Å². The van der Waals surface area contributed by atoms with Crippen LogP contribution in [0, 0.1) is 11.3 Å². The van der Waals surface area contributed by atoms with Gasteiger partial charge in [0.2, 0.25) is 17.6 Å². The lowest BCUT2D eigenvalue weighted by Crippen LogP contribution is -2.59. The highest BCUT2D eigenvalue weighted by Gasteiger charge is 2.36. The van der Waals surface area contributed by atoms with Crippen LogP contribution in [-0.2, 0) is 23.9 Å². The Kier molecular flexibility index (Phi) is 12.1. The first-order valence-electron chi connectivity index (χ1n) is 15.3. The van der Waals surface area contributed by atoms with Gasteiger partial charge < -0.3 is 30.9 Å². The third-order valence-corrected chi connectivity index (χ3v) is 7.91. The molecule has 0 bridgehead atoms. The Labute approximate surface area is 254 Å². The summed E-state index contributed by atoms with van der Waals surface area (Å²) < 4.78 is 5.37. The van der Waals surface area contributed by atoms with Gasteiger partial charge in [0.05, 0.1) is 24.8 Å². The molecule has 1 aliphatic carbocycles. The fourth-order valence-corrected chi connectivity index (χ4v) is 5.21. The summed E-state index contributed by atoms with van der Waals surface area (Å²) in [7, 11) is 0. The van der Waals surface area contributed by atoms with E-state index in [4.69, 9.17) is 4.74 Å². The van der Waals surface area contributed by atoms with Gasteiger partial charge in [-0.1, -0.05) is 53.9 Å². The first kappa shape index (κ1) is 34.0. The first-order chi connectivity index (χ1) is 20.3. The van der Waals surface area contributed by atoms with E-state index in [0.29, 0.717) is 18.8 Å². The molecule has 3 rings (SSSR count). The van der Waals surface area contributed by atoms with Crippen LogP contribution in [0.2, 0.25) is 0 Å². The maximum Gasteiger partial charge on any atom is 0.289 e. The average molecular weight is 601 g/mol. The number of aromatic nitrogens is 1. The molecule has 12 heteroatoms. The normalized spacial score (nSPS) is 18.3. The number of amides is 4. The van der Waals surface area contributed by atoms with Crippen molar-refractivity contribution in [2.45, 2.75) is 97.8 Å². The van der Waals surface area contributed by atoms with E-state index in [9.17, 15) is 24.0 Å². The molecule has 43 heavy (non-hydrogen) atoms. The van der Waals surface area contributed by atoms with Crippen LogP contribution in [0.1, 0.15) is 84.0 Å². The molecule has 1 saturated heterocycles. The highest BCUT2D eigenvalue weighted by atomic mass is 16.5. The van der Waals surface area contributed by atoms with Crippen LogP contribution in [0.15, 0.2) is 18.3 Å². The van der Waals surface area contributed by atoms with Crippen LogP contribution in [-0.4, -0.2) is 84.9 Å². The molecule has 2 fully saturated rings. The number of carbonyl (C=O) groups is 5. The summed E-state index contributed by atoms with van der Waals surface area (Å²) in [4.78, 5) is 71.6. The molecule has 1 aromatic heterocycles. The van der Waals surface area contributed by atoms with E-state index in [1.165, 1.54) is 13.1 Å². The Balaban J connectivity index is 1.60. The molecule has 0 spiro atoms. The summed E-state index contributed by atoms with van der Waals surface area (Å²) in [6.45, 7) is 13.1. The Hall–Kier alpha value is -3.54. The summed E-state index contributed by atoms with van der Waals surface area (Å²) in [6, 6.07) is 0.350. The molecule has 0 unspecified atom stereocenters. The highest BCUT2D eigenvalue weighted by molar-refractivity contribution is 6.38. The zero-order valence-corrected chi connectivity index (χ0v) is 26.3. The molecule has 12 nitrogen and oxygen atoms in total. The molecule has 1 aliphatic heterocycles. The predicted molar refractivity (Wildman–Crippen MR) is 162 cm³/mol. The monoisotopic (exact) mass is 600 g/mol. The average Bonchev–Trinajstić information content (AvgIpc) is 2.98. The van der Waals surface area contributed by atoms with Crippen molar-refractivity contribution >= 4 is 35.2 Å². The summed E-state index contributed by atoms with van der Waals surface area (Å²) in [5, 5.41) is 10.9. The van der Waals surface area contributed by atoms with Crippen molar-refractivity contribution in [3.8, 4) is 0 Å². The Bertz CT molecular complexity index is 1140. The molecule has 2 heterocycles. The van der Waals surface area contributed by atoms with Gasteiger partial charge in [0.25, 0.3) is 11.8 Å². The number of hydrogen-bond donors (Lipinski definition) is 4. The Morgan fingerprint density at radius 3 is 2.12 bits per heavy atom. The molecule has 0 radical (unpaired) electrons. The lowest BCUT2D eigenvalue weighted by molar-refractivity contribution is -0.141. The zero-order valence-electron chi connectivity index (χ0n) is 26.3. The van der Waals surface area contributed by atoms with Crippen molar-refractivity contribution in [3.05, 3.63) is 23.9 Å². The number of ether oxygens (including phenoxy) is 1. The van der Waals surface area contributed by atoms with Gasteiger partial charge in [-0.05, 0) is 43.2 Å². The second kappa shape index (κ2) is 15.3. The lowest BCUT2D eigenvalue weighted by atomic mass is 9.85. The van der Waals surface area contributed by atoms with Crippen molar-refractivity contribution in [1.29, 1.82) is 0 Å². The van der Waals surface area contributed by atoms with Crippen LogP contribution < -0.4 is 26.2 Å². The molecular weight excluding hydrogens is 552 g/mol. The summed E-state index contributed by atoms with van der Waals surface area (Å²) >= 11 is 0. The molecule has 2 aliphatic rings. The molecule has 238 valence electrons. The van der Waals surface area contributed by atoms with Crippen LogP contribution in [0.25, 0.3) is 0 Å². The van der Waals surface area contributed by atoms with Gasteiger partial charge in [0.15, 0.2) is 0 Å². The van der Waals surface area contributed by atoms with Crippen molar-refractivity contribution < 1.29 is 28.7 Å². The minimum absolute atomic E-state index is 0.0324. The first-order valence-corrected chi connectivity index (χ1v) is 15.3. The summed E-state index contributed by atoms with van der Waals surface area (Å²) in [6.07, 6.45) is 6.28. The third-order valence-electron chi connectivity index (χ3n) is 7.91. The summed E-state index contributed by atoms with van der Waals surface area (Å²) in [5.74, 6) is -2.64. The third kappa shape index (κ3) is 9.74. The second-order valence-corrected chi connectivity index (χ2v) is 12.9. The number of pyridine rings is 1. The van der Waals surface area contributed by atoms with Gasteiger partial charge in [-0.2, -0.15) is 0 Å². The minimum Gasteiger partial charge on any atom is -0.378 e. The van der Waals surface area contributed by atoms with Crippen LogP contribution in [0.4, 0.5) is 5.82 Å². The Morgan fingerprint density at radius 1 is 0.907 bits per heavy atom. The lowest BCUT2D eigenvalue weighted by Gasteiger charge is -2.32. The minimum atomic E-state index is -1.04. The van der Waals surface area contributed by atoms with Gasteiger partial charge in [-0.3, -0.25) is 24.0 Å². The number of ketones is 1. The SMILES string of the molecule is CC(C)[C@H](NC(=O)[C@H](C)NC(=O)[C@@H](NC(=O)c1ccc(N2CCOCC2)nc1)C(C)(C)C)C(=O)C(=O)NC1CCCCC1. The van der Waals surface area contributed by atoms with E-state index in [1.807, 2.05) is 0 Å². The van der Waals surface area contributed by atoms with E-state index in [1.54, 1.807) is 46.8 Å². The molecule has 1 aromatic rings. The number of morpholine rings is 1. The van der Waals surface area contributed by atoms with Gasteiger partial charge in [0.1, 0.15) is 17.9 Å². The van der Waals surface area contributed by atoms with Gasteiger partial charge in [-0.15, -0.1) is 0 Å². The fraction of sp³-hybridized carbons (Fsp3) is 0.677. The zero-order chi connectivity index (χ0) is 31.7. The quantitative estimate of drug-likeness (QED) is 0.280. The van der Waals surface area contributed by atoms with Gasteiger partial charge in [0, 0.05) is 25.3 Å². The smallest absolute Gasteiger partial charge is 0.289 e. The van der Waals surface area contributed by atoms with Gasteiger partial charge >= 0.3 is 0 Å². The van der Waals surface area contributed by atoms with E-state index in [2.05, 4.69) is 31.2 Å². The number of rotatable bonds is 11. The maximum atomic E-state index is 13.3. The van der Waals surface area contributed by atoms with Crippen LogP contribution >= 0.6 is 0 Å². The molecule has 1 saturated carbocycles. The number of Topliss-reactive ketones (excluding diaryl/α,β-unsaturated/α-hetero) is 1. The molecular formula is C31H48N6O6. The topological polar surface area (TPSA) is 159 Å². The number of hydrogen-bond acceptors (Lipinski definition) is 8. The van der Waals surface area contributed by atoms with E-state index in [0.717, 1.165) is 51.0 Å². The van der Waals surface area contributed by atoms with Crippen molar-refractivity contribution in [2.24, 2.45) is 11.3 Å². The highest BCUT2D eigenvalue weighted by Crippen LogP contribution is 2.21. The second-order valence-electron chi connectivity index (χ2n) is 12.9. The standard InChI is InChI=1S/C31H48N6O6/c1-19(2)24(25(38)29(41)34-22-10-8-7-9-11-22)35-27(39)20(3)33-30(42)26(31(4,5)6)36-28(40)21-12-13-23(32-18-21)37-14-16-43-17-15-37/h12-13,18-20,22,24,26H,7-11,14-17H2,1-6H3,(H,33,42)(H,34,41)(H,35,39)(H,36,40)/t20-,24-,26+/m0/s1. The van der Waals surface area contributed by atoms with Gasteiger partial charge in [-0.25, -0.2) is 4.98 Å². The predicted octanol–water partition coefficient (Wildman–Crippen LogP) is 1.73. The maximum absolute atomic E-state index is 13.3. The van der Waals surface area contributed by atoms with E-state index >= 15 is 0 Å². The van der Waals surface area contributed by atoms with Crippen LogP contribution in [0.3, 0.4) is 0 Å². The molecule has 3 atom stereocenters. The Morgan fingerprint density at radius 2 is 1.56 bits per heavy atom. The number of anilines is 1. The van der Waals surface area contributed by atoms with E-state index in [-0.39, 0.29) is 12.0 Å². The summed E-state index contributed by atoms with van der Waals surface area (Å²) in [5.41, 5.74) is -0.389. The largest absolute Gasteiger partial charge is 0.378 e. The number of nitrogens with zero attached hydrogens (tertiary/aromatic N) is 2. The fourth-order valence-electron chi connectivity index (χ4n) is 5.21. The van der Waals surface area contributed by atoms with Crippen LogP contribution in [0.5, 0.6) is 0 Å². The van der Waals surface area contributed by atoms with Crippen molar-refractivity contribution in [2.75, 3.05) is 31.2 Å². The molecule has 4 N–H and O–H groups in total. The molecule has 0 aromatic carbocycles. The number of nitrogens with one attached hydrogen (secondary N) is 4. The molecule has 4 amide bonds. The van der Waals surface area contributed by atoms with Crippen molar-refractivity contribution in [1.82, 2.24) is 26.3 Å². The van der Waals surface area contributed by atoms with Crippen molar-refractivity contribution in [3.63, 3.8) is 0 Å². The number of carbonyl (C=O) groups excluding carboxylic acids is 5.